The summed E-state index contributed by atoms with van der Waals surface area (Å²) >= 11 is 0. The summed E-state index contributed by atoms with van der Waals surface area (Å²) in [5, 5.41) is 0. The number of hydrogen-bond acceptors (Lipinski definition) is 4. The van der Waals surface area contributed by atoms with Gasteiger partial charge in [-0.2, -0.15) is 8.42 Å². The molecule has 24 heavy (non-hydrogen) atoms. The van der Waals surface area contributed by atoms with Crippen LogP contribution < -0.4 is 0 Å². The second-order valence-corrected chi connectivity index (χ2v) is 10.0. The molecule has 10 heteroatoms. The zero-order valence-electron chi connectivity index (χ0n) is 15.1. The molecule has 0 radical (unpaired) electrons. The molecule has 0 aromatic heterocycles. The Labute approximate surface area is 144 Å². The third-order valence-corrected chi connectivity index (χ3v) is 9.86. The molecule has 0 bridgehead atoms. The molecule has 0 saturated heterocycles. The van der Waals surface area contributed by atoms with Gasteiger partial charge in [0.2, 0.25) is 10.0 Å². The smallest absolute Gasteiger partial charge is 0.285 e. The molecule has 0 amide bonds. The van der Waals surface area contributed by atoms with Gasteiger partial charge in [0.15, 0.2) is 4.75 Å². The van der Waals surface area contributed by atoms with E-state index in [4.69, 9.17) is 0 Å². The molecule has 1 unspecified atom stereocenters. The third kappa shape index (κ3) is 3.10. The molecule has 0 aromatic carbocycles. The first-order valence-corrected chi connectivity index (χ1v) is 10.9. The van der Waals surface area contributed by atoms with Gasteiger partial charge in [-0.05, 0) is 26.2 Å². The van der Waals surface area contributed by atoms with Gasteiger partial charge in [-0.15, -0.1) is 0 Å². The molecule has 0 aromatic rings. The third-order valence-electron chi connectivity index (χ3n) is 5.16. The number of alkyl halides is 2. The van der Waals surface area contributed by atoms with Gasteiger partial charge in [-0.25, -0.2) is 21.5 Å². The lowest BCUT2D eigenvalue weighted by atomic mass is 9.84. The number of rotatable bonds is 10. The molecule has 1 N–H and O–H groups in total. The molecular formula is C14H29F2NO5S2. The van der Waals surface area contributed by atoms with Crippen molar-refractivity contribution in [2.75, 3.05) is 13.1 Å². The van der Waals surface area contributed by atoms with E-state index in [0.717, 1.165) is 11.2 Å². The average molecular weight is 394 g/mol. The van der Waals surface area contributed by atoms with Crippen LogP contribution in [-0.4, -0.2) is 54.2 Å². The maximum Gasteiger partial charge on any atom is 0.290 e. The van der Waals surface area contributed by atoms with Crippen LogP contribution in [0.5, 0.6) is 0 Å². The molecule has 0 aliphatic carbocycles. The number of nitrogens with zero attached hydrogens (tertiary/aromatic N) is 1. The van der Waals surface area contributed by atoms with Crippen molar-refractivity contribution < 1.29 is 30.2 Å². The van der Waals surface area contributed by atoms with E-state index in [1.54, 1.807) is 0 Å². The Morgan fingerprint density at radius 3 is 1.46 bits per heavy atom. The fourth-order valence-electron chi connectivity index (χ4n) is 3.12. The van der Waals surface area contributed by atoms with Crippen molar-refractivity contribution in [1.82, 2.24) is 4.31 Å². The fourth-order valence-corrected chi connectivity index (χ4v) is 6.59. The maximum atomic E-state index is 15.5. The van der Waals surface area contributed by atoms with Crippen molar-refractivity contribution >= 4 is 20.1 Å². The van der Waals surface area contributed by atoms with E-state index in [0.29, 0.717) is 0 Å². The Morgan fingerprint density at radius 2 is 1.25 bits per heavy atom. The Morgan fingerprint density at radius 1 is 0.875 bits per heavy atom. The maximum absolute atomic E-state index is 15.5. The predicted molar refractivity (Wildman–Crippen MR) is 90.3 cm³/mol. The minimum Gasteiger partial charge on any atom is -0.285 e. The zero-order valence-corrected chi connectivity index (χ0v) is 16.8. The van der Waals surface area contributed by atoms with Crippen LogP contribution in [-0.2, 0) is 20.1 Å². The van der Waals surface area contributed by atoms with Crippen molar-refractivity contribution in [3.63, 3.8) is 0 Å². The molecular weight excluding hydrogens is 364 g/mol. The summed E-state index contributed by atoms with van der Waals surface area (Å²) in [6.07, 6.45) is -1.73. The van der Waals surface area contributed by atoms with Gasteiger partial charge in [-0.1, -0.05) is 34.6 Å². The highest BCUT2D eigenvalue weighted by Crippen LogP contribution is 2.52. The van der Waals surface area contributed by atoms with E-state index in [2.05, 4.69) is 0 Å². The predicted octanol–water partition coefficient (Wildman–Crippen LogP) is 2.91. The number of hydrogen-bond donors (Lipinski definition) is 1. The molecule has 0 rings (SSSR count). The minimum absolute atomic E-state index is 0.0123. The van der Waals surface area contributed by atoms with Gasteiger partial charge < -0.3 is 0 Å². The summed E-state index contributed by atoms with van der Waals surface area (Å²) < 4.78 is 85.2. The molecule has 0 aliphatic heterocycles. The molecule has 0 fully saturated rings. The van der Waals surface area contributed by atoms with Gasteiger partial charge >= 0.3 is 0 Å². The van der Waals surface area contributed by atoms with Gasteiger partial charge in [0, 0.05) is 13.1 Å². The summed E-state index contributed by atoms with van der Waals surface area (Å²) in [6.45, 7) is 7.54. The lowest BCUT2D eigenvalue weighted by Crippen LogP contribution is -2.68. The second-order valence-electron chi connectivity index (χ2n) is 5.92. The second kappa shape index (κ2) is 7.51. The van der Waals surface area contributed by atoms with E-state index < -0.39 is 54.8 Å². The van der Waals surface area contributed by atoms with Gasteiger partial charge in [0.25, 0.3) is 16.0 Å². The standard InChI is InChI=1S/C14H29F2NO5S2/c1-7-12(6,23(18,19)17(10-4)11-5)14(15,16)13(8-2,9-3)24(20,21)22/h7-11H2,1-6H3,(H,20,21,22). The van der Waals surface area contributed by atoms with Crippen LogP contribution in [0.2, 0.25) is 0 Å². The number of halogens is 2. The highest BCUT2D eigenvalue weighted by atomic mass is 32.2. The molecule has 6 nitrogen and oxygen atoms in total. The van der Waals surface area contributed by atoms with Crippen molar-refractivity contribution in [2.45, 2.75) is 76.2 Å². The summed E-state index contributed by atoms with van der Waals surface area (Å²) in [5.74, 6) is -4.20. The Bertz CT molecular complexity index is 626. The van der Waals surface area contributed by atoms with Crippen LogP contribution in [0.25, 0.3) is 0 Å². The molecule has 0 saturated carbocycles. The highest BCUT2D eigenvalue weighted by Gasteiger charge is 2.72. The van der Waals surface area contributed by atoms with Gasteiger partial charge in [0.1, 0.15) is 4.75 Å². The first kappa shape index (κ1) is 23.7. The van der Waals surface area contributed by atoms with Crippen LogP contribution in [0, 0.1) is 0 Å². The largest absolute Gasteiger partial charge is 0.290 e. The topological polar surface area (TPSA) is 91.8 Å². The Kier molecular flexibility index (Phi) is 7.41. The number of sulfonamides is 1. The molecule has 1 atom stereocenters. The van der Waals surface area contributed by atoms with Crippen molar-refractivity contribution in [3.8, 4) is 0 Å². The van der Waals surface area contributed by atoms with Crippen molar-refractivity contribution in [1.29, 1.82) is 0 Å². The van der Waals surface area contributed by atoms with Crippen LogP contribution in [0.1, 0.15) is 60.8 Å². The molecule has 0 heterocycles. The molecule has 0 aliphatic rings. The minimum atomic E-state index is -5.21. The van der Waals surface area contributed by atoms with Gasteiger partial charge in [0.05, 0.1) is 0 Å². The summed E-state index contributed by atoms with van der Waals surface area (Å²) in [5.41, 5.74) is 0. The average Bonchev–Trinajstić information content (AvgIpc) is 2.46. The fraction of sp³-hybridized carbons (Fsp3) is 1.00. The molecule has 0 spiro atoms. The van der Waals surface area contributed by atoms with Crippen LogP contribution in [0.4, 0.5) is 8.78 Å². The van der Waals surface area contributed by atoms with E-state index in [-0.39, 0.29) is 13.1 Å². The molecule has 146 valence electrons. The van der Waals surface area contributed by atoms with E-state index >= 15 is 8.78 Å². The van der Waals surface area contributed by atoms with Crippen LogP contribution in [0.15, 0.2) is 0 Å². The van der Waals surface area contributed by atoms with E-state index in [1.807, 2.05) is 0 Å². The zero-order chi connectivity index (χ0) is 19.6. The summed E-state index contributed by atoms with van der Waals surface area (Å²) in [7, 11) is -9.74. The summed E-state index contributed by atoms with van der Waals surface area (Å²) in [4.78, 5) is 0. The lowest BCUT2D eigenvalue weighted by Gasteiger charge is -2.47. The quantitative estimate of drug-likeness (QED) is 0.576. The van der Waals surface area contributed by atoms with Crippen LogP contribution in [0.3, 0.4) is 0 Å². The normalized spacial score (nSPS) is 17.1. The highest BCUT2D eigenvalue weighted by molar-refractivity contribution is 7.91. The summed E-state index contributed by atoms with van der Waals surface area (Å²) in [6, 6.07) is 0. The van der Waals surface area contributed by atoms with E-state index in [1.165, 1.54) is 34.6 Å². The first-order chi connectivity index (χ1) is 10.7. The van der Waals surface area contributed by atoms with Gasteiger partial charge in [-0.3, -0.25) is 4.55 Å². The lowest BCUT2D eigenvalue weighted by molar-refractivity contribution is -0.0839. The van der Waals surface area contributed by atoms with Crippen molar-refractivity contribution in [2.24, 2.45) is 0 Å². The van der Waals surface area contributed by atoms with E-state index in [9.17, 15) is 21.4 Å². The SMILES string of the molecule is CCN(CC)S(=O)(=O)C(C)(CC)C(F)(F)C(CC)(CC)S(=O)(=O)O. The first-order valence-electron chi connectivity index (χ1n) is 8.05. The van der Waals surface area contributed by atoms with Crippen molar-refractivity contribution in [3.05, 3.63) is 0 Å². The monoisotopic (exact) mass is 393 g/mol. The Balaban J connectivity index is 6.79. The van der Waals surface area contributed by atoms with Crippen LogP contribution >= 0.6 is 0 Å². The Hall–Kier alpha value is -0.320.